The minimum Gasteiger partial charge on any atom is -0.391 e. The molecule has 1 aromatic heterocycles. The Balaban J connectivity index is 1.60. The van der Waals surface area contributed by atoms with Gasteiger partial charge >= 0.3 is 0 Å². The van der Waals surface area contributed by atoms with Gasteiger partial charge in [-0.15, -0.1) is 11.3 Å². The van der Waals surface area contributed by atoms with Crippen LogP contribution in [-0.2, 0) is 11.2 Å². The standard InChI is InChI=1S/C23H34N4O2S/c1-3-24-23(25-15-20(28)14-19-8-5-4-6-9-19)26-16-21(22-10-7-13-30-22)27-11-12-29-18(2)17-27/h4-10,13,18,20-21,28H,3,11-12,14-17H2,1-2H3,(H2,24,25,26). The third-order valence-electron chi connectivity index (χ3n) is 5.17. The molecule has 0 aliphatic carbocycles. The molecule has 3 N–H and O–H groups in total. The molecule has 1 aliphatic heterocycles. The first-order valence-electron chi connectivity index (χ1n) is 10.8. The molecule has 0 bridgehead atoms. The van der Waals surface area contributed by atoms with Crippen molar-refractivity contribution in [3.8, 4) is 0 Å². The average Bonchev–Trinajstić information content (AvgIpc) is 3.27. The van der Waals surface area contributed by atoms with Gasteiger partial charge in [0.1, 0.15) is 0 Å². The normalized spacial score (nSPS) is 20.0. The van der Waals surface area contributed by atoms with Crippen molar-refractivity contribution in [2.45, 2.75) is 38.5 Å². The van der Waals surface area contributed by atoms with Crippen LogP contribution in [0.3, 0.4) is 0 Å². The fraction of sp³-hybridized carbons (Fsp3) is 0.522. The van der Waals surface area contributed by atoms with Crippen LogP contribution >= 0.6 is 11.3 Å². The minimum atomic E-state index is -0.504. The van der Waals surface area contributed by atoms with Gasteiger partial charge in [0.15, 0.2) is 5.96 Å². The zero-order valence-electron chi connectivity index (χ0n) is 18.0. The Hall–Kier alpha value is -1.93. The maximum atomic E-state index is 10.4. The lowest BCUT2D eigenvalue weighted by molar-refractivity contribution is -0.0334. The molecule has 6 nitrogen and oxygen atoms in total. The number of aliphatic hydroxyl groups is 1. The summed E-state index contributed by atoms with van der Waals surface area (Å²) in [5.41, 5.74) is 1.12. The molecule has 2 heterocycles. The number of ether oxygens (including phenoxy) is 1. The van der Waals surface area contributed by atoms with Crippen molar-refractivity contribution in [2.75, 3.05) is 39.3 Å². The van der Waals surface area contributed by atoms with Gasteiger partial charge in [-0.2, -0.15) is 0 Å². The van der Waals surface area contributed by atoms with Crippen LogP contribution in [0.4, 0.5) is 0 Å². The van der Waals surface area contributed by atoms with E-state index in [0.29, 0.717) is 13.0 Å². The minimum absolute atomic E-state index is 0.247. The van der Waals surface area contributed by atoms with Crippen LogP contribution in [0.1, 0.15) is 30.3 Å². The molecule has 1 saturated heterocycles. The lowest BCUT2D eigenvalue weighted by Gasteiger charge is -2.37. The lowest BCUT2D eigenvalue weighted by atomic mass is 10.1. The number of aliphatic imine (C=N–C) groups is 1. The second-order valence-electron chi connectivity index (χ2n) is 7.65. The van der Waals surface area contributed by atoms with E-state index in [1.165, 1.54) is 4.88 Å². The van der Waals surface area contributed by atoms with E-state index < -0.39 is 6.10 Å². The molecule has 3 atom stereocenters. The van der Waals surface area contributed by atoms with Gasteiger partial charge in [0.25, 0.3) is 0 Å². The number of nitrogens with one attached hydrogen (secondary N) is 2. The SMILES string of the molecule is CCNC(=NCC(O)Cc1ccccc1)NCC(c1cccs1)N1CCOC(C)C1. The van der Waals surface area contributed by atoms with Crippen molar-refractivity contribution in [3.05, 3.63) is 58.3 Å². The Bertz CT molecular complexity index is 754. The molecule has 0 saturated carbocycles. The number of benzene rings is 1. The maximum Gasteiger partial charge on any atom is 0.191 e. The van der Waals surface area contributed by atoms with Crippen molar-refractivity contribution in [1.29, 1.82) is 0 Å². The highest BCUT2D eigenvalue weighted by Gasteiger charge is 2.26. The Kier molecular flexibility index (Phi) is 9.14. The van der Waals surface area contributed by atoms with Gasteiger partial charge in [-0.25, -0.2) is 0 Å². The van der Waals surface area contributed by atoms with Crippen LogP contribution in [0.2, 0.25) is 0 Å². The Morgan fingerprint density at radius 1 is 1.27 bits per heavy atom. The van der Waals surface area contributed by atoms with Gasteiger partial charge in [0.05, 0.1) is 31.4 Å². The molecule has 164 valence electrons. The van der Waals surface area contributed by atoms with Gasteiger partial charge in [-0.05, 0) is 30.9 Å². The Morgan fingerprint density at radius 2 is 2.10 bits per heavy atom. The first-order chi connectivity index (χ1) is 14.7. The van der Waals surface area contributed by atoms with Crippen molar-refractivity contribution in [3.63, 3.8) is 0 Å². The molecule has 1 aliphatic rings. The molecule has 1 aromatic carbocycles. The number of morpholine rings is 1. The van der Waals surface area contributed by atoms with Crippen LogP contribution in [0, 0.1) is 0 Å². The average molecular weight is 431 g/mol. The molecule has 1 fully saturated rings. The monoisotopic (exact) mass is 430 g/mol. The largest absolute Gasteiger partial charge is 0.391 e. The highest BCUT2D eigenvalue weighted by atomic mass is 32.1. The molecular weight excluding hydrogens is 396 g/mol. The van der Waals surface area contributed by atoms with Gasteiger partial charge in [0.2, 0.25) is 0 Å². The van der Waals surface area contributed by atoms with Crippen molar-refractivity contribution >= 4 is 17.3 Å². The molecule has 0 spiro atoms. The number of hydrogen-bond acceptors (Lipinski definition) is 5. The maximum absolute atomic E-state index is 10.4. The summed E-state index contributed by atoms with van der Waals surface area (Å²) in [5.74, 6) is 0.743. The number of nitrogens with zero attached hydrogens (tertiary/aromatic N) is 2. The van der Waals surface area contributed by atoms with Crippen LogP contribution in [-0.4, -0.2) is 67.5 Å². The first kappa shape index (κ1) is 22.7. The smallest absolute Gasteiger partial charge is 0.191 e. The van der Waals surface area contributed by atoms with Gasteiger partial charge in [-0.3, -0.25) is 9.89 Å². The first-order valence-corrected chi connectivity index (χ1v) is 11.7. The molecule has 3 rings (SSSR count). The third kappa shape index (κ3) is 7.09. The summed E-state index contributed by atoms with van der Waals surface area (Å²) in [6.07, 6.45) is 0.347. The number of rotatable bonds is 9. The van der Waals surface area contributed by atoms with Crippen LogP contribution in [0.15, 0.2) is 52.8 Å². The summed E-state index contributed by atoms with van der Waals surface area (Å²) >= 11 is 1.79. The topological polar surface area (TPSA) is 69.1 Å². The predicted molar refractivity (Wildman–Crippen MR) is 124 cm³/mol. The van der Waals surface area contributed by atoms with Crippen LogP contribution in [0.5, 0.6) is 0 Å². The molecule has 0 amide bonds. The predicted octanol–water partition coefficient (Wildman–Crippen LogP) is 2.67. The molecule has 0 radical (unpaired) electrons. The third-order valence-corrected chi connectivity index (χ3v) is 6.14. The van der Waals surface area contributed by atoms with E-state index in [1.807, 2.05) is 30.3 Å². The van der Waals surface area contributed by atoms with Crippen LogP contribution < -0.4 is 10.6 Å². The molecule has 7 heteroatoms. The van der Waals surface area contributed by atoms with E-state index in [2.05, 4.69) is 51.9 Å². The number of aliphatic hydroxyl groups excluding tert-OH is 1. The second kappa shape index (κ2) is 12.1. The summed E-state index contributed by atoms with van der Waals surface area (Å²) in [4.78, 5) is 8.46. The van der Waals surface area contributed by atoms with E-state index in [9.17, 15) is 5.11 Å². The highest BCUT2D eigenvalue weighted by molar-refractivity contribution is 7.10. The Morgan fingerprint density at radius 3 is 2.80 bits per heavy atom. The van der Waals surface area contributed by atoms with E-state index in [1.54, 1.807) is 11.3 Å². The summed E-state index contributed by atoms with van der Waals surface area (Å²) in [6.45, 7) is 8.70. The number of thiophene rings is 1. The molecule has 30 heavy (non-hydrogen) atoms. The van der Waals surface area contributed by atoms with E-state index in [-0.39, 0.29) is 12.1 Å². The highest BCUT2D eigenvalue weighted by Crippen LogP contribution is 2.26. The quantitative estimate of drug-likeness (QED) is 0.422. The summed E-state index contributed by atoms with van der Waals surface area (Å²) in [6, 6.07) is 14.6. The van der Waals surface area contributed by atoms with Gasteiger partial charge in [-0.1, -0.05) is 36.4 Å². The van der Waals surface area contributed by atoms with E-state index in [4.69, 9.17) is 4.74 Å². The summed E-state index contributed by atoms with van der Waals surface area (Å²) in [5, 5.41) is 19.3. The summed E-state index contributed by atoms with van der Waals surface area (Å²) in [7, 11) is 0. The second-order valence-corrected chi connectivity index (χ2v) is 8.63. The summed E-state index contributed by atoms with van der Waals surface area (Å²) < 4.78 is 5.73. The number of hydrogen-bond donors (Lipinski definition) is 3. The van der Waals surface area contributed by atoms with E-state index in [0.717, 1.165) is 44.3 Å². The van der Waals surface area contributed by atoms with Crippen LogP contribution in [0.25, 0.3) is 0 Å². The lowest BCUT2D eigenvalue weighted by Crippen LogP contribution is -2.48. The Labute approximate surface area is 184 Å². The zero-order valence-corrected chi connectivity index (χ0v) is 18.8. The number of guanidine groups is 1. The van der Waals surface area contributed by atoms with Crippen molar-refractivity contribution < 1.29 is 9.84 Å². The molecule has 2 aromatic rings. The molecule has 3 unspecified atom stereocenters. The van der Waals surface area contributed by atoms with Crippen molar-refractivity contribution in [1.82, 2.24) is 15.5 Å². The zero-order chi connectivity index (χ0) is 21.2. The van der Waals surface area contributed by atoms with Crippen molar-refractivity contribution in [2.24, 2.45) is 4.99 Å². The molecular formula is C23H34N4O2S. The fourth-order valence-corrected chi connectivity index (χ4v) is 4.56. The fourth-order valence-electron chi connectivity index (χ4n) is 3.70. The van der Waals surface area contributed by atoms with E-state index >= 15 is 0 Å². The van der Waals surface area contributed by atoms with Gasteiger partial charge < -0.3 is 20.5 Å². The van der Waals surface area contributed by atoms with Gasteiger partial charge in [0, 0.05) is 37.5 Å².